The Hall–Kier alpha value is 11.0. The van der Waals surface area contributed by atoms with E-state index < -0.39 is 47.6 Å². The molecule has 6 N–H and O–H groups in total. The van der Waals surface area contributed by atoms with Crippen molar-refractivity contribution in [3.05, 3.63) is 58.7 Å². The summed E-state index contributed by atoms with van der Waals surface area (Å²) in [6, 6.07) is 3.20. The first kappa shape index (κ1) is 83.1. The zero-order valence-electron chi connectivity index (χ0n) is 36.4. The van der Waals surface area contributed by atoms with Crippen LogP contribution in [0.3, 0.4) is 0 Å². The van der Waals surface area contributed by atoms with Crippen LogP contribution < -0.4 is 10.2 Å². The summed E-state index contributed by atoms with van der Waals surface area (Å²) in [6.45, 7) is 1.96. The third kappa shape index (κ3) is 31.8. The van der Waals surface area contributed by atoms with Crippen molar-refractivity contribution in [1.82, 2.24) is 0 Å². The van der Waals surface area contributed by atoms with Gasteiger partial charge in [-0.2, -0.15) is 0 Å². The van der Waals surface area contributed by atoms with E-state index >= 15 is 0 Å². The van der Waals surface area contributed by atoms with Crippen LogP contribution >= 0.6 is 288 Å². The number of hydrogen-bond donors (Lipinski definition) is 6. The molecule has 0 spiro atoms. The molecule has 0 heterocycles. The molecule has 2 aromatic rings. The number of rotatable bonds is 19. The lowest BCUT2D eigenvalue weighted by Gasteiger charge is -2.54. The molecule has 0 aliphatic rings. The van der Waals surface area contributed by atoms with Crippen LogP contribution in [0.2, 0.25) is 0 Å². The minimum absolute atomic E-state index is 0.000249. The molecule has 0 bridgehead atoms. The number of benzene rings is 2. The zero-order chi connectivity index (χ0) is 55.4. The van der Waals surface area contributed by atoms with Crippen molar-refractivity contribution in [2.75, 3.05) is 7.11 Å². The van der Waals surface area contributed by atoms with Crippen molar-refractivity contribution >= 4 is 330 Å². The fourth-order valence-electron chi connectivity index (χ4n) is 4.00. The van der Waals surface area contributed by atoms with Crippen molar-refractivity contribution in [3.63, 3.8) is 0 Å². The summed E-state index contributed by atoms with van der Waals surface area (Å²) >= 11 is 2.70. The molecule has 0 saturated carbocycles. The van der Waals surface area contributed by atoms with Crippen LogP contribution in [0.15, 0.2) is 24.3 Å². The second kappa shape index (κ2) is 44.4. The van der Waals surface area contributed by atoms with E-state index in [-0.39, 0.29) is 146 Å². The van der Waals surface area contributed by atoms with Gasteiger partial charge in [0.2, 0.25) is 5.90 Å². The van der Waals surface area contributed by atoms with Gasteiger partial charge in [0.05, 0.1) is 12.7 Å². The maximum atomic E-state index is 13.1. The van der Waals surface area contributed by atoms with Gasteiger partial charge in [-0.05, 0) is 142 Å². The highest BCUT2D eigenvalue weighted by molar-refractivity contribution is 9.46. The number of nitrogens with one attached hydrogen (secondary N) is 4. The summed E-state index contributed by atoms with van der Waals surface area (Å²) in [5, 5.41) is 44.7. The molecule has 0 fully saturated rings. The summed E-state index contributed by atoms with van der Waals surface area (Å²) in [7, 11) is 59.2. The van der Waals surface area contributed by atoms with Gasteiger partial charge in [0, 0.05) is 35.3 Å². The zero-order valence-corrected chi connectivity index (χ0v) is 73.1. The summed E-state index contributed by atoms with van der Waals surface area (Å²) in [5.41, 5.74) is -1.12. The van der Waals surface area contributed by atoms with E-state index in [9.17, 15) is 22.4 Å². The van der Waals surface area contributed by atoms with Crippen molar-refractivity contribution in [1.29, 1.82) is 21.6 Å². The van der Waals surface area contributed by atoms with Crippen LogP contribution in [0.5, 0.6) is 5.75 Å². The molecule has 20 atom stereocenters. The first-order valence-corrected chi connectivity index (χ1v) is 78.9. The van der Waals surface area contributed by atoms with Gasteiger partial charge in [-0.15, -0.1) is 161 Å². The topological polar surface area (TPSA) is 181 Å². The van der Waals surface area contributed by atoms with Crippen LogP contribution in [-0.4, -0.2) is 53.1 Å². The van der Waals surface area contributed by atoms with Crippen LogP contribution in [0.25, 0.3) is 0 Å². The number of hydrogen-bond acceptors (Lipinski definition) is 10. The minimum atomic E-state index is -1.89. The lowest BCUT2D eigenvalue weighted by atomic mass is 9.80. The first-order chi connectivity index (χ1) is 32.0. The molecule has 20 unspecified atom stereocenters. The van der Waals surface area contributed by atoms with Gasteiger partial charge < -0.3 is 24.3 Å². The Bertz CT molecular complexity index is 1890. The van der Waals surface area contributed by atoms with Crippen molar-refractivity contribution in [2.45, 2.75) is 13.8 Å². The second-order valence-electron chi connectivity index (χ2n) is 11.6. The number of methoxy groups -OCH3 is 1. The van der Waals surface area contributed by atoms with Crippen LogP contribution in [0, 0.1) is 44.9 Å². The van der Waals surface area contributed by atoms with Crippen molar-refractivity contribution in [3.8, 4) is 5.75 Å². The molecule has 2 rings (SSSR count). The maximum Gasteiger partial charge on any atom is 0.488 e. The van der Waals surface area contributed by atoms with Gasteiger partial charge in [-0.1, -0.05) is 0 Å². The van der Waals surface area contributed by atoms with Gasteiger partial charge >= 0.3 is 7.12 Å². The fraction of sp³-hybridized carbons (Fsp3) is 0.150. The third-order valence-electron chi connectivity index (χ3n) is 6.30. The molecule has 0 aliphatic heterocycles. The Morgan fingerprint density at radius 1 is 0.529 bits per heavy atom. The molecular formula is C20H56BBrF4N4O6P34. The van der Waals surface area contributed by atoms with Crippen LogP contribution in [0.1, 0.15) is 29.8 Å². The number of carbonyl (C=O) groups is 1. The molecule has 70 heavy (non-hydrogen) atoms. The van der Waals surface area contributed by atoms with E-state index in [1.807, 2.05) is 0 Å². The van der Waals surface area contributed by atoms with E-state index in [1.165, 1.54) is 13.8 Å². The van der Waals surface area contributed by atoms with E-state index in [0.29, 0.717) is 0 Å². The molecule has 10 nitrogen and oxygen atoms in total. The molecule has 0 aromatic heterocycles. The Balaban J connectivity index is 0. The summed E-state index contributed by atoms with van der Waals surface area (Å²) in [4.78, 5) is 10.2. The largest absolute Gasteiger partial charge is 0.491 e. The van der Waals surface area contributed by atoms with Crippen molar-refractivity contribution in [2.24, 2.45) is 0 Å². The highest BCUT2D eigenvalue weighted by Crippen LogP contribution is 3.40. The number of halogens is 5. The van der Waals surface area contributed by atoms with E-state index in [0.717, 1.165) is 31.4 Å². The Kier molecular flexibility index (Phi) is 52.7. The second-order valence-corrected chi connectivity index (χ2v) is 150. The summed E-state index contributed by atoms with van der Waals surface area (Å²) in [6.07, 6.45) is 0.0563. The molecule has 0 radical (unpaired) electrons. The molecule has 0 aliphatic carbocycles. The normalized spacial score (nSPS) is 12.5. The Labute approximate surface area is 478 Å². The van der Waals surface area contributed by atoms with Gasteiger partial charge in [0.1, 0.15) is 11.6 Å². The maximum absolute atomic E-state index is 13.1. The van der Waals surface area contributed by atoms with Gasteiger partial charge in [-0.25, -0.2) is 17.6 Å². The Morgan fingerprint density at radius 2 is 0.814 bits per heavy atom. The monoisotopic (exact) mass is 1670 g/mol. The van der Waals surface area contributed by atoms with Gasteiger partial charge in [0.25, 0.3) is 4.81 Å². The molecule has 2 aromatic carbocycles. The van der Waals surface area contributed by atoms with E-state index in [4.69, 9.17) is 31.7 Å². The third-order valence-corrected chi connectivity index (χ3v) is 232. The first-order valence-electron chi connectivity index (χ1n) is 16.9. The average Bonchev–Trinajstić information content (AvgIpc) is 3.17. The fourth-order valence-corrected chi connectivity index (χ4v) is 464. The SMILES string of the molecule is CC(=N)OC(=N)Br.CC(=N)OC(=N)c1cc(F)c(C=O)c(F)c1.COc1c(F)cc(B(O)O)cc1F.PP(P)P(P(P)P)P(P(P)P)P(P(P(P)P)P(P)P)P(P(P(P)P)P(P)P)P(P(P)P)P(P)P. The number of ether oxygens (including phenoxy) is 3. The summed E-state index contributed by atoms with van der Waals surface area (Å²) < 4.78 is 65.3. The Morgan fingerprint density at radius 3 is 1.03 bits per heavy atom. The highest BCUT2D eigenvalue weighted by atomic mass is 79.9. The minimum Gasteiger partial charge on any atom is -0.491 e. The smallest absolute Gasteiger partial charge is 0.488 e. The van der Waals surface area contributed by atoms with Crippen molar-refractivity contribution < 1.29 is 46.6 Å². The number of carbonyl (C=O) groups excluding carboxylic acids is 1. The predicted molar refractivity (Wildman–Crippen MR) is 412 cm³/mol. The number of aldehydes is 1. The standard InChI is InChI=1S/C10H8F2N2O2.C7H7BF2O3.C3H5BrN2O.H36P34/c1-5(13)16-10(14)6-2-8(11)7(4-15)9(12)3-6;1-13-7-5(9)2-4(8(11)12)3-6(7)10;1-2(5)7-3(4)6;1-19(2)28(20(3)4)32(27(17)18)34(31(25(13)14)26(15)16)33(29(21(5)6)22(7)8)30(23(9)10)24(11)12/h2-4,13-14H,1H3;2-3,11-12H,1H3;5-6H,1H3;1-18H2. The van der Waals surface area contributed by atoms with Crippen LogP contribution in [-0.2, 0) is 9.47 Å². The van der Waals surface area contributed by atoms with E-state index in [2.05, 4.69) is 191 Å². The molecular weight excluding hydrogens is 1610 g/mol. The predicted octanol–water partition coefficient (Wildman–Crippen LogP) is 22.7. The quantitative estimate of drug-likeness (QED) is 0.0203. The molecule has 50 heteroatoms. The average molecular weight is 1670 g/mol. The molecule has 0 amide bonds. The lowest BCUT2D eigenvalue weighted by Crippen LogP contribution is -2.30. The highest BCUT2D eigenvalue weighted by Gasteiger charge is 2.52. The van der Waals surface area contributed by atoms with E-state index in [1.54, 1.807) is 0 Å². The van der Waals surface area contributed by atoms with Gasteiger partial charge in [-0.3, -0.25) is 26.4 Å². The van der Waals surface area contributed by atoms with Crippen LogP contribution in [0.4, 0.5) is 17.6 Å². The lowest BCUT2D eigenvalue weighted by molar-refractivity contribution is 0.111. The van der Waals surface area contributed by atoms with Gasteiger partial charge in [0.15, 0.2) is 35.5 Å². The summed E-state index contributed by atoms with van der Waals surface area (Å²) in [5.74, 6) is -5.42. The molecule has 0 saturated heterocycles. The molecule has 400 valence electrons.